The van der Waals surface area contributed by atoms with Gasteiger partial charge in [-0.1, -0.05) is 39.3 Å². The Labute approximate surface area is 122 Å². The number of benzene rings is 1. The fourth-order valence-corrected chi connectivity index (χ4v) is 3.22. The predicted molar refractivity (Wildman–Crippen MR) is 83.8 cm³/mol. The van der Waals surface area contributed by atoms with Gasteiger partial charge in [-0.05, 0) is 30.9 Å². The molecule has 2 rings (SSSR count). The lowest BCUT2D eigenvalue weighted by molar-refractivity contribution is 0.324. The van der Waals surface area contributed by atoms with Gasteiger partial charge in [-0.25, -0.2) is 4.39 Å². The molecular weight excluding hydrogens is 251 g/mol. The Hall–Kier alpha value is -1.09. The highest BCUT2D eigenvalue weighted by Gasteiger charge is 2.31. The van der Waals surface area contributed by atoms with Gasteiger partial charge in [0.15, 0.2) is 0 Å². The van der Waals surface area contributed by atoms with Gasteiger partial charge in [-0.3, -0.25) is 0 Å². The molecule has 3 heteroatoms. The Bertz CT molecular complexity index is 424. The molecule has 2 atom stereocenters. The number of halogens is 1. The maximum atomic E-state index is 14.3. The number of nitrogens with zero attached hydrogens (tertiary/aromatic N) is 1. The van der Waals surface area contributed by atoms with E-state index in [-0.39, 0.29) is 5.82 Å². The third-order valence-electron chi connectivity index (χ3n) is 4.32. The van der Waals surface area contributed by atoms with Gasteiger partial charge in [-0.2, -0.15) is 0 Å². The predicted octanol–water partition coefficient (Wildman–Crippen LogP) is 3.74. The summed E-state index contributed by atoms with van der Waals surface area (Å²) in [5.74, 6) is 0.414. The molecule has 2 unspecified atom stereocenters. The monoisotopic (exact) mass is 278 g/mol. The number of para-hydroxylation sites is 1. The van der Waals surface area contributed by atoms with Crippen LogP contribution in [0, 0.1) is 18.7 Å². The standard InChI is InChI=1S/C17H27FN2/c1-5-7-14-11-20(16(10-19-14)12(2)3)17-13(4)8-6-9-15(17)18/h6,8-9,12,14,16,19H,5,7,10-11H2,1-4H3. The topological polar surface area (TPSA) is 15.3 Å². The first-order chi connectivity index (χ1) is 9.54. The Morgan fingerprint density at radius 3 is 2.75 bits per heavy atom. The highest BCUT2D eigenvalue weighted by molar-refractivity contribution is 5.56. The summed E-state index contributed by atoms with van der Waals surface area (Å²) in [5, 5.41) is 3.63. The number of aryl methyl sites for hydroxylation is 1. The van der Waals surface area contributed by atoms with Crippen LogP contribution < -0.4 is 10.2 Å². The van der Waals surface area contributed by atoms with Crippen LogP contribution in [-0.4, -0.2) is 25.2 Å². The molecule has 2 nitrogen and oxygen atoms in total. The van der Waals surface area contributed by atoms with Crippen LogP contribution in [-0.2, 0) is 0 Å². The summed E-state index contributed by atoms with van der Waals surface area (Å²) in [7, 11) is 0. The molecule has 1 aliphatic heterocycles. The van der Waals surface area contributed by atoms with Crippen molar-refractivity contribution in [2.45, 2.75) is 52.6 Å². The van der Waals surface area contributed by atoms with Gasteiger partial charge >= 0.3 is 0 Å². The minimum atomic E-state index is -0.0900. The number of rotatable bonds is 4. The molecule has 1 aromatic rings. The molecule has 0 saturated carbocycles. The van der Waals surface area contributed by atoms with Gasteiger partial charge < -0.3 is 10.2 Å². The Kier molecular flexibility index (Phi) is 5.03. The van der Waals surface area contributed by atoms with Crippen LogP contribution in [0.25, 0.3) is 0 Å². The zero-order valence-corrected chi connectivity index (χ0v) is 13.1. The Morgan fingerprint density at radius 2 is 2.15 bits per heavy atom. The molecule has 0 spiro atoms. The average molecular weight is 278 g/mol. The van der Waals surface area contributed by atoms with Gasteiger partial charge in [0.2, 0.25) is 0 Å². The second-order valence-corrected chi connectivity index (χ2v) is 6.26. The first-order valence-electron chi connectivity index (χ1n) is 7.79. The number of hydrogen-bond acceptors (Lipinski definition) is 2. The van der Waals surface area contributed by atoms with E-state index in [1.165, 1.54) is 0 Å². The van der Waals surface area contributed by atoms with E-state index in [0.717, 1.165) is 37.2 Å². The van der Waals surface area contributed by atoms with Crippen molar-refractivity contribution in [3.63, 3.8) is 0 Å². The molecule has 1 N–H and O–H groups in total. The number of hydrogen-bond donors (Lipinski definition) is 1. The van der Waals surface area contributed by atoms with E-state index in [1.54, 1.807) is 12.1 Å². The molecule has 1 heterocycles. The van der Waals surface area contributed by atoms with Gasteiger partial charge in [0.05, 0.1) is 5.69 Å². The molecule has 0 amide bonds. The zero-order valence-electron chi connectivity index (χ0n) is 13.1. The number of anilines is 1. The fourth-order valence-electron chi connectivity index (χ4n) is 3.22. The van der Waals surface area contributed by atoms with Gasteiger partial charge in [0, 0.05) is 25.2 Å². The second-order valence-electron chi connectivity index (χ2n) is 6.26. The number of nitrogens with one attached hydrogen (secondary N) is 1. The molecular formula is C17H27FN2. The molecule has 1 fully saturated rings. The van der Waals surface area contributed by atoms with E-state index in [2.05, 4.69) is 31.0 Å². The molecule has 0 aromatic heterocycles. The average Bonchev–Trinajstić information content (AvgIpc) is 2.39. The van der Waals surface area contributed by atoms with Crippen molar-refractivity contribution in [2.75, 3.05) is 18.0 Å². The molecule has 0 bridgehead atoms. The summed E-state index contributed by atoms with van der Waals surface area (Å²) in [6.07, 6.45) is 2.31. The smallest absolute Gasteiger partial charge is 0.146 e. The lowest BCUT2D eigenvalue weighted by Gasteiger charge is -2.44. The van der Waals surface area contributed by atoms with E-state index in [4.69, 9.17) is 0 Å². The normalized spacial score (nSPS) is 23.4. The van der Waals surface area contributed by atoms with Gasteiger partial charge in [0.1, 0.15) is 5.82 Å². The molecule has 1 aromatic carbocycles. The molecule has 1 saturated heterocycles. The van der Waals surface area contributed by atoms with Gasteiger partial charge in [-0.15, -0.1) is 0 Å². The lowest BCUT2D eigenvalue weighted by atomic mass is 9.95. The first-order valence-corrected chi connectivity index (χ1v) is 7.79. The van der Waals surface area contributed by atoms with E-state index in [0.29, 0.717) is 18.0 Å². The van der Waals surface area contributed by atoms with Crippen molar-refractivity contribution in [3.05, 3.63) is 29.6 Å². The molecule has 112 valence electrons. The second kappa shape index (κ2) is 6.57. The molecule has 0 aliphatic carbocycles. The van der Waals surface area contributed by atoms with Crippen LogP contribution in [0.4, 0.5) is 10.1 Å². The van der Waals surface area contributed by atoms with E-state index in [9.17, 15) is 4.39 Å². The quantitative estimate of drug-likeness (QED) is 0.902. The highest BCUT2D eigenvalue weighted by atomic mass is 19.1. The van der Waals surface area contributed by atoms with E-state index < -0.39 is 0 Å². The van der Waals surface area contributed by atoms with Crippen LogP contribution in [0.15, 0.2) is 18.2 Å². The Balaban J connectivity index is 2.31. The van der Waals surface area contributed by atoms with Crippen molar-refractivity contribution in [1.29, 1.82) is 0 Å². The largest absolute Gasteiger partial charge is 0.363 e. The van der Waals surface area contributed by atoms with Crippen LogP contribution in [0.1, 0.15) is 39.2 Å². The molecule has 20 heavy (non-hydrogen) atoms. The Morgan fingerprint density at radius 1 is 1.40 bits per heavy atom. The van der Waals surface area contributed by atoms with Crippen molar-refractivity contribution < 1.29 is 4.39 Å². The third kappa shape index (κ3) is 3.14. The van der Waals surface area contributed by atoms with Crippen molar-refractivity contribution >= 4 is 5.69 Å². The minimum Gasteiger partial charge on any atom is -0.363 e. The van der Waals surface area contributed by atoms with Crippen LogP contribution in [0.5, 0.6) is 0 Å². The SMILES string of the molecule is CCCC1CN(c2c(C)cccc2F)C(C(C)C)CN1. The van der Waals surface area contributed by atoms with Gasteiger partial charge in [0.25, 0.3) is 0 Å². The molecule has 0 radical (unpaired) electrons. The highest BCUT2D eigenvalue weighted by Crippen LogP contribution is 2.30. The lowest BCUT2D eigenvalue weighted by Crippen LogP contribution is -2.58. The summed E-state index contributed by atoms with van der Waals surface area (Å²) < 4.78 is 14.3. The minimum absolute atomic E-state index is 0.0900. The van der Waals surface area contributed by atoms with Crippen molar-refractivity contribution in [3.8, 4) is 0 Å². The maximum absolute atomic E-state index is 14.3. The van der Waals surface area contributed by atoms with Crippen molar-refractivity contribution in [1.82, 2.24) is 5.32 Å². The summed E-state index contributed by atoms with van der Waals surface area (Å²) in [6.45, 7) is 10.5. The third-order valence-corrected chi connectivity index (χ3v) is 4.32. The summed E-state index contributed by atoms with van der Waals surface area (Å²) >= 11 is 0. The van der Waals surface area contributed by atoms with Crippen LogP contribution in [0.3, 0.4) is 0 Å². The number of piperazine rings is 1. The van der Waals surface area contributed by atoms with E-state index in [1.807, 2.05) is 13.0 Å². The van der Waals surface area contributed by atoms with Crippen LogP contribution >= 0.6 is 0 Å². The molecule has 1 aliphatic rings. The van der Waals surface area contributed by atoms with Crippen molar-refractivity contribution in [2.24, 2.45) is 5.92 Å². The zero-order chi connectivity index (χ0) is 14.7. The summed E-state index contributed by atoms with van der Waals surface area (Å²) in [6, 6.07) is 6.21. The summed E-state index contributed by atoms with van der Waals surface area (Å²) in [5.41, 5.74) is 1.83. The summed E-state index contributed by atoms with van der Waals surface area (Å²) in [4.78, 5) is 2.30. The first kappa shape index (κ1) is 15.3. The van der Waals surface area contributed by atoms with E-state index >= 15 is 0 Å². The fraction of sp³-hybridized carbons (Fsp3) is 0.647. The maximum Gasteiger partial charge on any atom is 0.146 e. The van der Waals surface area contributed by atoms with Crippen LogP contribution in [0.2, 0.25) is 0 Å².